The third-order valence-corrected chi connectivity index (χ3v) is 6.04. The zero-order chi connectivity index (χ0) is 21.3. The molecular weight excluding hydrogens is 372 g/mol. The summed E-state index contributed by atoms with van der Waals surface area (Å²) in [6, 6.07) is 16.8. The fourth-order valence-corrected chi connectivity index (χ4v) is 4.19. The van der Waals surface area contributed by atoms with Gasteiger partial charge in [-0.1, -0.05) is 30.3 Å². The molecule has 0 bridgehead atoms. The molecule has 0 unspecified atom stereocenters. The molecule has 0 radical (unpaired) electrons. The van der Waals surface area contributed by atoms with E-state index in [0.29, 0.717) is 11.6 Å². The van der Waals surface area contributed by atoms with Crippen molar-refractivity contribution in [3.8, 4) is 11.3 Å². The van der Waals surface area contributed by atoms with E-state index in [4.69, 9.17) is 4.99 Å². The molecule has 1 N–H and O–H groups in total. The number of aromatic amines is 1. The smallest absolute Gasteiger partial charge is 0.258 e. The molecule has 2 heterocycles. The summed E-state index contributed by atoms with van der Waals surface area (Å²) in [6.07, 6.45) is 0. The quantitative estimate of drug-likeness (QED) is 0.656. The van der Waals surface area contributed by atoms with Gasteiger partial charge in [0.1, 0.15) is 0 Å². The molecule has 3 aliphatic rings. The zero-order valence-corrected chi connectivity index (χ0v) is 18.3. The van der Waals surface area contributed by atoms with E-state index in [1.165, 1.54) is 5.69 Å². The number of hydrogen-bond acceptors (Lipinski definition) is 4. The van der Waals surface area contributed by atoms with Gasteiger partial charge >= 0.3 is 0 Å². The maximum absolute atomic E-state index is 12.6. The van der Waals surface area contributed by atoms with Crippen LogP contribution in [0, 0.1) is 6.92 Å². The van der Waals surface area contributed by atoms with Gasteiger partial charge < -0.3 is 9.88 Å². The molecule has 1 aromatic rings. The number of anilines is 1. The van der Waals surface area contributed by atoms with Crippen molar-refractivity contribution in [3.05, 3.63) is 70.0 Å². The second-order valence-corrected chi connectivity index (χ2v) is 8.35. The molecule has 156 valence electrons. The van der Waals surface area contributed by atoms with E-state index in [9.17, 15) is 4.79 Å². The second-order valence-electron chi connectivity index (χ2n) is 8.35. The lowest BCUT2D eigenvalue weighted by Crippen LogP contribution is -2.48. The Bertz CT molecular complexity index is 1090. The van der Waals surface area contributed by atoms with Crippen LogP contribution in [-0.2, 0) is 0 Å². The van der Waals surface area contributed by atoms with Crippen LogP contribution in [0.3, 0.4) is 0 Å². The minimum Gasteiger partial charge on any atom is -0.369 e. The van der Waals surface area contributed by atoms with Crippen molar-refractivity contribution in [2.24, 2.45) is 4.99 Å². The number of nitrogens with zero attached hydrogens (tertiary/aromatic N) is 3. The zero-order valence-electron chi connectivity index (χ0n) is 18.3. The maximum Gasteiger partial charge on any atom is 0.258 e. The normalized spacial score (nSPS) is 15.9. The number of hydrogen-bond donors (Lipinski definition) is 1. The summed E-state index contributed by atoms with van der Waals surface area (Å²) in [7, 11) is 0. The number of piperazine rings is 1. The van der Waals surface area contributed by atoms with Gasteiger partial charge in [0.25, 0.3) is 5.56 Å². The predicted molar refractivity (Wildman–Crippen MR) is 126 cm³/mol. The Balaban J connectivity index is 1.64. The van der Waals surface area contributed by atoms with Gasteiger partial charge in [-0.15, -0.1) is 0 Å². The summed E-state index contributed by atoms with van der Waals surface area (Å²) in [4.78, 5) is 25.4. The van der Waals surface area contributed by atoms with Gasteiger partial charge in [0.2, 0.25) is 0 Å². The summed E-state index contributed by atoms with van der Waals surface area (Å²) in [5.74, 6) is 0. The van der Waals surface area contributed by atoms with Crippen molar-refractivity contribution in [1.82, 2.24) is 9.88 Å². The summed E-state index contributed by atoms with van der Waals surface area (Å²) in [5.41, 5.74) is 6.27. The van der Waals surface area contributed by atoms with Gasteiger partial charge in [0.05, 0.1) is 17.0 Å². The van der Waals surface area contributed by atoms with Gasteiger partial charge in [0.15, 0.2) is 0 Å². The topological polar surface area (TPSA) is 51.7 Å². The molecule has 1 fully saturated rings. The van der Waals surface area contributed by atoms with Crippen molar-refractivity contribution < 1.29 is 0 Å². The molecule has 30 heavy (non-hydrogen) atoms. The first-order valence-corrected chi connectivity index (χ1v) is 10.7. The fraction of sp³-hybridized carbons (Fsp3) is 0.360. The van der Waals surface area contributed by atoms with Gasteiger partial charge in [0, 0.05) is 49.2 Å². The van der Waals surface area contributed by atoms with Crippen LogP contribution < -0.4 is 10.5 Å². The Morgan fingerprint density at radius 3 is 2.50 bits per heavy atom. The van der Waals surface area contributed by atoms with Crippen LogP contribution in [0.4, 0.5) is 11.4 Å². The van der Waals surface area contributed by atoms with Crippen molar-refractivity contribution >= 4 is 17.1 Å². The van der Waals surface area contributed by atoms with Crippen molar-refractivity contribution in [3.63, 3.8) is 0 Å². The molecule has 1 aromatic carbocycles. The third-order valence-electron chi connectivity index (χ3n) is 6.04. The number of rotatable bonds is 4. The average molecular weight is 403 g/mol. The van der Waals surface area contributed by atoms with E-state index in [1.807, 2.05) is 37.3 Å². The number of aliphatic imine (C=N–C) groups is 1. The molecule has 0 amide bonds. The SMILES string of the molecule is C/C(=N\c1cc(N2CCN(C(C)C)CC2)ccc1C)c1c2cccccc-2[nH]c1=O. The minimum absolute atomic E-state index is 0.0870. The molecule has 5 heteroatoms. The van der Waals surface area contributed by atoms with Crippen LogP contribution in [0.25, 0.3) is 11.3 Å². The van der Waals surface area contributed by atoms with Gasteiger partial charge in [-0.25, -0.2) is 0 Å². The number of benzene rings is 1. The Morgan fingerprint density at radius 1 is 1.03 bits per heavy atom. The summed E-state index contributed by atoms with van der Waals surface area (Å²) in [6.45, 7) is 12.7. The average Bonchev–Trinajstić information content (AvgIpc) is 2.88. The van der Waals surface area contributed by atoms with E-state index in [1.54, 1.807) is 0 Å². The summed E-state index contributed by atoms with van der Waals surface area (Å²) < 4.78 is 0. The van der Waals surface area contributed by atoms with Gasteiger partial charge in [-0.2, -0.15) is 0 Å². The van der Waals surface area contributed by atoms with Crippen LogP contribution in [0.1, 0.15) is 31.9 Å². The molecule has 2 aliphatic heterocycles. The lowest BCUT2D eigenvalue weighted by Gasteiger charge is -2.38. The van der Waals surface area contributed by atoms with E-state index in [0.717, 1.165) is 54.4 Å². The van der Waals surface area contributed by atoms with Crippen molar-refractivity contribution in [2.75, 3.05) is 31.1 Å². The highest BCUT2D eigenvalue weighted by Gasteiger charge is 2.20. The fourth-order valence-electron chi connectivity index (χ4n) is 4.19. The van der Waals surface area contributed by atoms with Crippen LogP contribution in [0.5, 0.6) is 0 Å². The Labute approximate surface area is 178 Å². The molecule has 0 atom stereocenters. The molecule has 0 aromatic heterocycles. The molecule has 0 spiro atoms. The van der Waals surface area contributed by atoms with Crippen molar-refractivity contribution in [2.45, 2.75) is 33.7 Å². The second kappa shape index (κ2) is 8.44. The number of aryl methyl sites for hydroxylation is 1. The molecule has 1 aliphatic carbocycles. The highest BCUT2D eigenvalue weighted by Crippen LogP contribution is 2.29. The molecule has 5 nitrogen and oxygen atoms in total. The number of nitrogens with one attached hydrogen (secondary N) is 1. The summed E-state index contributed by atoms with van der Waals surface area (Å²) >= 11 is 0. The first-order chi connectivity index (χ1) is 14.4. The molecule has 0 saturated carbocycles. The molecule has 4 rings (SSSR count). The Kier molecular flexibility index (Phi) is 5.73. The first kappa shape index (κ1) is 20.4. The van der Waals surface area contributed by atoms with Gasteiger partial charge in [-0.05, 0) is 51.5 Å². The van der Waals surface area contributed by atoms with E-state index < -0.39 is 0 Å². The number of H-pyrrole nitrogens is 1. The van der Waals surface area contributed by atoms with E-state index in [2.05, 4.69) is 53.8 Å². The van der Waals surface area contributed by atoms with Crippen LogP contribution in [0.15, 0.2) is 58.3 Å². The van der Waals surface area contributed by atoms with Crippen LogP contribution in [-0.4, -0.2) is 47.8 Å². The number of aromatic nitrogens is 1. The minimum atomic E-state index is -0.0870. The lowest BCUT2D eigenvalue weighted by molar-refractivity contribution is 0.209. The monoisotopic (exact) mass is 402 g/mol. The lowest BCUT2D eigenvalue weighted by atomic mass is 10.1. The summed E-state index contributed by atoms with van der Waals surface area (Å²) in [5, 5.41) is 0. The molecular formula is C25H30N4O. The highest BCUT2D eigenvalue weighted by atomic mass is 16.1. The largest absolute Gasteiger partial charge is 0.369 e. The van der Waals surface area contributed by atoms with Crippen LogP contribution >= 0.6 is 0 Å². The highest BCUT2D eigenvalue weighted by molar-refractivity contribution is 6.05. The van der Waals surface area contributed by atoms with E-state index >= 15 is 0 Å². The maximum atomic E-state index is 12.6. The first-order valence-electron chi connectivity index (χ1n) is 10.7. The van der Waals surface area contributed by atoms with Crippen LogP contribution in [0.2, 0.25) is 0 Å². The third kappa shape index (κ3) is 4.03. The van der Waals surface area contributed by atoms with Crippen molar-refractivity contribution in [1.29, 1.82) is 0 Å². The van der Waals surface area contributed by atoms with Gasteiger partial charge in [-0.3, -0.25) is 14.7 Å². The van der Waals surface area contributed by atoms with E-state index in [-0.39, 0.29) is 5.56 Å². The standard InChI is InChI=1S/C25H30N4O/c1-17(2)28-12-14-29(15-13-28)20-11-10-18(3)23(16-20)26-19(4)24-21-8-6-5-7-9-22(21)27-25(24)30/h5-11,16-17H,12-15H2,1-4H3,(H,27,30)/b26-19+. The predicted octanol–water partition coefficient (Wildman–Crippen LogP) is 4.46. The number of fused-ring (bicyclic) bond motifs is 1. The Hall–Kier alpha value is -2.92. The Morgan fingerprint density at radius 2 is 1.77 bits per heavy atom. The molecule has 1 saturated heterocycles.